The van der Waals surface area contributed by atoms with Crippen LogP contribution in [0.4, 0.5) is 13.2 Å². The number of benzene rings is 3. The predicted molar refractivity (Wildman–Crippen MR) is 151 cm³/mol. The molecule has 2 unspecified atom stereocenters. The quantitative estimate of drug-likeness (QED) is 0.194. The standard InChI is InChI=1S/C34H33F3O6/c1-31(2,25-9-5-3-6-10-25)41-28-16-24(13-14-27(28)42-34(35,36)37)29(38)43-33-19-22-15-23(20-33)18-32(17-22,21-33)30(39)40-26-11-7-4-8-12-26/h3-14,16,22-23H,15,17-21H2,1-2H3. The molecule has 6 nitrogen and oxygen atoms in total. The second-order valence-corrected chi connectivity index (χ2v) is 12.7. The minimum Gasteiger partial charge on any atom is -0.479 e. The monoisotopic (exact) mass is 594 g/mol. The Balaban J connectivity index is 1.25. The fraction of sp³-hybridized carbons (Fsp3) is 0.412. The van der Waals surface area contributed by atoms with Crippen molar-refractivity contribution in [2.45, 2.75) is 69.9 Å². The van der Waals surface area contributed by atoms with Crippen molar-refractivity contribution >= 4 is 11.9 Å². The van der Waals surface area contributed by atoms with Crippen LogP contribution >= 0.6 is 0 Å². The lowest BCUT2D eigenvalue weighted by molar-refractivity contribution is -0.275. The van der Waals surface area contributed by atoms with Gasteiger partial charge in [0, 0.05) is 6.42 Å². The average molecular weight is 595 g/mol. The van der Waals surface area contributed by atoms with Crippen LogP contribution in [0, 0.1) is 17.3 Å². The molecule has 4 bridgehead atoms. The molecule has 0 radical (unpaired) electrons. The molecule has 7 rings (SSSR count). The van der Waals surface area contributed by atoms with Crippen LogP contribution in [0.5, 0.6) is 17.2 Å². The smallest absolute Gasteiger partial charge is 0.479 e. The third-order valence-corrected chi connectivity index (χ3v) is 8.94. The van der Waals surface area contributed by atoms with Crippen molar-refractivity contribution in [1.29, 1.82) is 0 Å². The molecule has 0 heterocycles. The van der Waals surface area contributed by atoms with Gasteiger partial charge in [-0.05, 0) is 93.7 Å². The highest BCUT2D eigenvalue weighted by molar-refractivity contribution is 5.91. The predicted octanol–water partition coefficient (Wildman–Crippen LogP) is 8.00. The summed E-state index contributed by atoms with van der Waals surface area (Å²) in [6.07, 6.45) is -1.00. The Morgan fingerprint density at radius 3 is 2.05 bits per heavy atom. The number of para-hydroxylation sites is 1. The molecular formula is C34H33F3O6. The van der Waals surface area contributed by atoms with E-state index in [2.05, 4.69) is 4.74 Å². The Hall–Kier alpha value is -4.01. The summed E-state index contributed by atoms with van der Waals surface area (Å²) in [4.78, 5) is 27.1. The van der Waals surface area contributed by atoms with E-state index in [0.29, 0.717) is 37.9 Å². The van der Waals surface area contributed by atoms with Gasteiger partial charge in [0.25, 0.3) is 0 Å². The molecule has 4 aliphatic carbocycles. The van der Waals surface area contributed by atoms with E-state index < -0.39 is 34.7 Å². The first-order valence-corrected chi connectivity index (χ1v) is 14.5. The summed E-state index contributed by atoms with van der Waals surface area (Å²) in [5.74, 6) is -0.896. The van der Waals surface area contributed by atoms with Crippen LogP contribution in [0.15, 0.2) is 78.9 Å². The average Bonchev–Trinajstić information content (AvgIpc) is 2.93. The SMILES string of the molecule is CC(C)(Oc1cc(C(=O)OC23CC4CC(C2)CC(C(=O)Oc2ccccc2)(C4)C3)ccc1OC(F)(F)F)c1ccccc1. The summed E-state index contributed by atoms with van der Waals surface area (Å²) in [6.45, 7) is 3.43. The maximum Gasteiger partial charge on any atom is 0.573 e. The molecule has 2 atom stereocenters. The molecule has 226 valence electrons. The summed E-state index contributed by atoms with van der Waals surface area (Å²) in [6, 6.07) is 21.5. The highest BCUT2D eigenvalue weighted by Crippen LogP contribution is 2.63. The number of carbonyl (C=O) groups excluding carboxylic acids is 2. The molecule has 43 heavy (non-hydrogen) atoms. The second kappa shape index (κ2) is 10.6. The molecule has 0 aromatic heterocycles. The van der Waals surface area contributed by atoms with Crippen molar-refractivity contribution < 1.29 is 41.7 Å². The minimum atomic E-state index is -4.96. The van der Waals surface area contributed by atoms with Gasteiger partial charge < -0.3 is 18.9 Å². The number of hydrogen-bond donors (Lipinski definition) is 0. The number of halogens is 3. The Labute approximate surface area is 248 Å². The Morgan fingerprint density at radius 2 is 1.42 bits per heavy atom. The summed E-state index contributed by atoms with van der Waals surface area (Å²) in [7, 11) is 0. The summed E-state index contributed by atoms with van der Waals surface area (Å²) in [5, 5.41) is 0. The van der Waals surface area contributed by atoms with E-state index in [0.717, 1.165) is 18.1 Å². The van der Waals surface area contributed by atoms with E-state index in [1.807, 2.05) is 12.1 Å². The zero-order valence-electron chi connectivity index (χ0n) is 24.0. The Morgan fingerprint density at radius 1 is 0.791 bits per heavy atom. The molecule has 9 heteroatoms. The first-order chi connectivity index (χ1) is 20.3. The topological polar surface area (TPSA) is 71.1 Å². The highest BCUT2D eigenvalue weighted by Gasteiger charge is 2.63. The molecule has 3 aromatic carbocycles. The van der Waals surface area contributed by atoms with Gasteiger partial charge in [-0.3, -0.25) is 4.79 Å². The van der Waals surface area contributed by atoms with E-state index >= 15 is 0 Å². The number of carbonyl (C=O) groups is 2. The Bertz CT molecular complexity index is 1490. The van der Waals surface area contributed by atoms with Gasteiger partial charge in [0.05, 0.1) is 11.0 Å². The van der Waals surface area contributed by atoms with Crippen molar-refractivity contribution in [2.75, 3.05) is 0 Å². The van der Waals surface area contributed by atoms with Gasteiger partial charge in [-0.15, -0.1) is 13.2 Å². The van der Waals surface area contributed by atoms with Crippen molar-refractivity contribution in [3.8, 4) is 17.2 Å². The molecule has 0 aliphatic heterocycles. The van der Waals surface area contributed by atoms with Crippen LogP contribution in [-0.4, -0.2) is 23.9 Å². The summed E-state index contributed by atoms with van der Waals surface area (Å²) in [5.41, 5.74) is -1.90. The third-order valence-electron chi connectivity index (χ3n) is 8.94. The lowest BCUT2D eigenvalue weighted by Crippen LogP contribution is -2.60. The van der Waals surface area contributed by atoms with Gasteiger partial charge >= 0.3 is 18.3 Å². The molecule has 4 fully saturated rings. The number of esters is 2. The Kier molecular flexibility index (Phi) is 7.18. The lowest BCUT2D eigenvalue weighted by Gasteiger charge is -2.59. The molecule has 0 spiro atoms. The second-order valence-electron chi connectivity index (χ2n) is 12.7. The molecule has 4 aliphatic rings. The van der Waals surface area contributed by atoms with Crippen LogP contribution in [0.25, 0.3) is 0 Å². The number of ether oxygens (including phenoxy) is 4. The van der Waals surface area contributed by atoms with Crippen molar-refractivity contribution in [2.24, 2.45) is 17.3 Å². The van der Waals surface area contributed by atoms with Crippen LogP contribution < -0.4 is 14.2 Å². The number of hydrogen-bond acceptors (Lipinski definition) is 6. The molecular weight excluding hydrogens is 561 g/mol. The van der Waals surface area contributed by atoms with Gasteiger partial charge in [0.15, 0.2) is 11.5 Å². The van der Waals surface area contributed by atoms with E-state index in [4.69, 9.17) is 14.2 Å². The summed E-state index contributed by atoms with van der Waals surface area (Å²) >= 11 is 0. The van der Waals surface area contributed by atoms with Crippen molar-refractivity contribution in [1.82, 2.24) is 0 Å². The fourth-order valence-electron chi connectivity index (χ4n) is 7.59. The van der Waals surface area contributed by atoms with Gasteiger partial charge in [0.2, 0.25) is 0 Å². The van der Waals surface area contributed by atoms with Crippen molar-refractivity contribution in [3.05, 3.63) is 90.0 Å². The van der Waals surface area contributed by atoms with E-state index in [9.17, 15) is 22.8 Å². The third kappa shape index (κ3) is 6.08. The minimum absolute atomic E-state index is 0.0324. The largest absolute Gasteiger partial charge is 0.573 e. The maximum atomic E-state index is 13.6. The van der Waals surface area contributed by atoms with E-state index in [-0.39, 0.29) is 29.1 Å². The van der Waals surface area contributed by atoms with E-state index in [1.54, 1.807) is 62.4 Å². The van der Waals surface area contributed by atoms with Gasteiger partial charge in [-0.1, -0.05) is 48.5 Å². The molecule has 0 amide bonds. The van der Waals surface area contributed by atoms with Crippen LogP contribution in [-0.2, 0) is 15.1 Å². The van der Waals surface area contributed by atoms with Crippen molar-refractivity contribution in [3.63, 3.8) is 0 Å². The van der Waals surface area contributed by atoms with Gasteiger partial charge in [0.1, 0.15) is 17.0 Å². The molecule has 0 N–H and O–H groups in total. The summed E-state index contributed by atoms with van der Waals surface area (Å²) < 4.78 is 62.1. The fourth-order valence-corrected chi connectivity index (χ4v) is 7.59. The van der Waals surface area contributed by atoms with Crippen LogP contribution in [0.1, 0.15) is 68.3 Å². The van der Waals surface area contributed by atoms with Gasteiger partial charge in [-0.25, -0.2) is 4.79 Å². The molecule has 3 aromatic rings. The van der Waals surface area contributed by atoms with E-state index in [1.165, 1.54) is 12.1 Å². The first-order valence-electron chi connectivity index (χ1n) is 14.5. The normalized spacial score (nSPS) is 26.1. The first kappa shape index (κ1) is 29.1. The zero-order valence-corrected chi connectivity index (χ0v) is 24.0. The molecule has 4 saturated carbocycles. The highest BCUT2D eigenvalue weighted by atomic mass is 19.4. The van der Waals surface area contributed by atoms with Gasteiger partial charge in [-0.2, -0.15) is 0 Å². The lowest BCUT2D eigenvalue weighted by atomic mass is 9.48. The number of rotatable bonds is 8. The van der Waals surface area contributed by atoms with Crippen LogP contribution in [0.2, 0.25) is 0 Å². The maximum absolute atomic E-state index is 13.6. The number of alkyl halides is 3. The zero-order chi connectivity index (χ0) is 30.5. The molecule has 0 saturated heterocycles. The van der Waals surface area contributed by atoms with Crippen LogP contribution in [0.3, 0.4) is 0 Å².